The zero-order valence-corrected chi connectivity index (χ0v) is 21.3. The molecular formula is C25H31ClN2O5S. The highest BCUT2D eigenvalue weighted by Gasteiger charge is 2.36. The fourth-order valence-electron chi connectivity index (χ4n) is 4.08. The Kier molecular flexibility index (Phi) is 8.38. The number of hydrogen-bond donors (Lipinski definition) is 1. The summed E-state index contributed by atoms with van der Waals surface area (Å²) >= 11 is 5.96. The topological polar surface area (TPSA) is 92.8 Å². The van der Waals surface area contributed by atoms with Crippen molar-refractivity contribution < 1.29 is 22.7 Å². The zero-order chi connectivity index (χ0) is 24.9. The molecule has 2 aromatic carbocycles. The van der Waals surface area contributed by atoms with Crippen LogP contribution < -0.4 is 5.32 Å². The number of rotatable bonds is 8. The van der Waals surface area contributed by atoms with E-state index in [0.29, 0.717) is 18.0 Å². The smallest absolute Gasteiger partial charge is 0.306 e. The van der Waals surface area contributed by atoms with Crippen LogP contribution in [-0.4, -0.2) is 44.3 Å². The summed E-state index contributed by atoms with van der Waals surface area (Å²) in [6.45, 7) is 4.48. The van der Waals surface area contributed by atoms with Gasteiger partial charge < -0.3 is 10.1 Å². The number of amides is 1. The van der Waals surface area contributed by atoms with E-state index in [4.69, 9.17) is 16.3 Å². The maximum atomic E-state index is 13.6. The van der Waals surface area contributed by atoms with Crippen LogP contribution in [-0.2, 0) is 36.3 Å². The monoisotopic (exact) mass is 506 g/mol. The molecule has 0 saturated carbocycles. The van der Waals surface area contributed by atoms with Crippen LogP contribution in [0.5, 0.6) is 0 Å². The Morgan fingerprint density at radius 1 is 1.12 bits per heavy atom. The molecule has 1 N–H and O–H groups in total. The minimum absolute atomic E-state index is 0.0424. The van der Waals surface area contributed by atoms with Gasteiger partial charge in [0.2, 0.25) is 15.9 Å². The summed E-state index contributed by atoms with van der Waals surface area (Å²) in [6.07, 6.45) is 2.23. The average molecular weight is 507 g/mol. The van der Waals surface area contributed by atoms with Gasteiger partial charge in [-0.1, -0.05) is 49.7 Å². The SMILES string of the molecule is COC(=O)CC(C)(C)c1ccc(CN(C2CCCCNC2=O)S(=O)(=O)c2ccc(Cl)cc2)cc1. The van der Waals surface area contributed by atoms with Crippen molar-refractivity contribution in [3.05, 3.63) is 64.7 Å². The molecule has 0 spiro atoms. The number of carbonyl (C=O) groups excluding carboxylic acids is 2. The number of hydrogen-bond acceptors (Lipinski definition) is 5. The van der Waals surface area contributed by atoms with Crippen molar-refractivity contribution in [1.29, 1.82) is 0 Å². The van der Waals surface area contributed by atoms with Gasteiger partial charge in [-0.05, 0) is 54.7 Å². The summed E-state index contributed by atoms with van der Waals surface area (Å²) in [4.78, 5) is 24.7. The second-order valence-electron chi connectivity index (χ2n) is 9.14. The molecule has 1 fully saturated rings. The van der Waals surface area contributed by atoms with Crippen molar-refractivity contribution in [2.75, 3.05) is 13.7 Å². The summed E-state index contributed by atoms with van der Waals surface area (Å²) in [6, 6.07) is 12.6. The molecule has 1 atom stereocenters. The molecule has 1 aliphatic heterocycles. The molecule has 9 heteroatoms. The highest BCUT2D eigenvalue weighted by molar-refractivity contribution is 7.89. The molecule has 0 radical (unpaired) electrons. The lowest BCUT2D eigenvalue weighted by Gasteiger charge is -2.29. The van der Waals surface area contributed by atoms with Crippen molar-refractivity contribution in [2.45, 2.75) is 62.4 Å². The second-order valence-corrected chi connectivity index (χ2v) is 11.5. The number of carbonyl (C=O) groups is 2. The number of nitrogens with zero attached hydrogens (tertiary/aromatic N) is 1. The average Bonchev–Trinajstić information content (AvgIpc) is 3.01. The van der Waals surface area contributed by atoms with Crippen LogP contribution in [0.25, 0.3) is 0 Å². The highest BCUT2D eigenvalue weighted by Crippen LogP contribution is 2.29. The molecule has 1 amide bonds. The zero-order valence-electron chi connectivity index (χ0n) is 19.7. The first-order valence-corrected chi connectivity index (χ1v) is 13.1. The molecule has 2 aromatic rings. The number of nitrogens with one attached hydrogen (secondary N) is 1. The van der Waals surface area contributed by atoms with Crippen LogP contribution >= 0.6 is 11.6 Å². The van der Waals surface area contributed by atoms with Gasteiger partial charge in [0, 0.05) is 23.5 Å². The molecule has 3 rings (SSSR count). The fraction of sp³-hybridized carbons (Fsp3) is 0.440. The number of halogens is 1. The predicted molar refractivity (Wildman–Crippen MR) is 131 cm³/mol. The van der Waals surface area contributed by atoms with Gasteiger partial charge in [-0.2, -0.15) is 4.31 Å². The van der Waals surface area contributed by atoms with Gasteiger partial charge >= 0.3 is 5.97 Å². The Hall–Kier alpha value is -2.42. The standard InChI is InChI=1S/C25H31ClN2O5S/c1-25(2,16-23(29)33-3)19-9-7-18(8-10-19)17-28(22-6-4-5-15-27-24(22)30)34(31,32)21-13-11-20(26)12-14-21/h7-14,22H,4-6,15-17H2,1-3H3,(H,27,30). The van der Waals surface area contributed by atoms with Crippen LogP contribution in [0, 0.1) is 0 Å². The lowest BCUT2D eigenvalue weighted by atomic mass is 9.81. The highest BCUT2D eigenvalue weighted by atomic mass is 35.5. The van der Waals surface area contributed by atoms with E-state index in [1.807, 2.05) is 38.1 Å². The van der Waals surface area contributed by atoms with Gasteiger partial charge in [-0.15, -0.1) is 0 Å². The molecule has 0 aromatic heterocycles. The van der Waals surface area contributed by atoms with Crippen molar-refractivity contribution in [1.82, 2.24) is 9.62 Å². The van der Waals surface area contributed by atoms with E-state index in [2.05, 4.69) is 5.32 Å². The second kappa shape index (κ2) is 10.9. The first-order chi connectivity index (χ1) is 16.0. The van der Waals surface area contributed by atoms with Gasteiger partial charge in [-0.3, -0.25) is 9.59 Å². The third kappa shape index (κ3) is 6.17. The molecule has 34 heavy (non-hydrogen) atoms. The third-order valence-electron chi connectivity index (χ3n) is 6.16. The van der Waals surface area contributed by atoms with E-state index in [9.17, 15) is 18.0 Å². The molecule has 1 saturated heterocycles. The molecular weight excluding hydrogens is 476 g/mol. The maximum absolute atomic E-state index is 13.6. The van der Waals surface area contributed by atoms with Gasteiger partial charge in [-0.25, -0.2) is 8.42 Å². The minimum Gasteiger partial charge on any atom is -0.469 e. The molecule has 0 bridgehead atoms. The van der Waals surface area contributed by atoms with Crippen LogP contribution in [0.15, 0.2) is 53.4 Å². The number of esters is 1. The van der Waals surface area contributed by atoms with E-state index in [1.54, 1.807) is 0 Å². The van der Waals surface area contributed by atoms with E-state index < -0.39 is 21.5 Å². The summed E-state index contributed by atoms with van der Waals surface area (Å²) in [5, 5.41) is 3.27. The minimum atomic E-state index is -3.97. The van der Waals surface area contributed by atoms with Crippen molar-refractivity contribution in [2.24, 2.45) is 0 Å². The van der Waals surface area contributed by atoms with Gasteiger partial charge in [0.25, 0.3) is 0 Å². The first kappa shape index (κ1) is 26.2. The Balaban J connectivity index is 1.93. The van der Waals surface area contributed by atoms with E-state index in [0.717, 1.165) is 24.0 Å². The largest absolute Gasteiger partial charge is 0.469 e. The van der Waals surface area contributed by atoms with E-state index >= 15 is 0 Å². The molecule has 1 aliphatic rings. The van der Waals surface area contributed by atoms with Crippen LogP contribution in [0.1, 0.15) is 50.7 Å². The number of benzene rings is 2. The molecule has 7 nitrogen and oxygen atoms in total. The molecule has 1 unspecified atom stereocenters. The number of sulfonamides is 1. The maximum Gasteiger partial charge on any atom is 0.306 e. The van der Waals surface area contributed by atoms with Gasteiger partial charge in [0.15, 0.2) is 0 Å². The number of methoxy groups -OCH3 is 1. The molecule has 184 valence electrons. The fourth-order valence-corrected chi connectivity index (χ4v) is 5.81. The van der Waals surface area contributed by atoms with Crippen LogP contribution in [0.4, 0.5) is 0 Å². The summed E-state index contributed by atoms with van der Waals surface area (Å²) < 4.78 is 33.4. The Morgan fingerprint density at radius 2 is 1.76 bits per heavy atom. The first-order valence-electron chi connectivity index (χ1n) is 11.3. The summed E-state index contributed by atoms with van der Waals surface area (Å²) in [5.41, 5.74) is 1.23. The molecule has 0 aliphatic carbocycles. The lowest BCUT2D eigenvalue weighted by molar-refractivity contribution is -0.141. The van der Waals surface area contributed by atoms with E-state index in [-0.39, 0.29) is 29.7 Å². The lowest BCUT2D eigenvalue weighted by Crippen LogP contribution is -2.48. The van der Waals surface area contributed by atoms with Crippen molar-refractivity contribution in [3.63, 3.8) is 0 Å². The van der Waals surface area contributed by atoms with Gasteiger partial charge in [0.1, 0.15) is 6.04 Å². The normalized spacial score (nSPS) is 17.2. The van der Waals surface area contributed by atoms with Crippen LogP contribution in [0.2, 0.25) is 5.02 Å². The van der Waals surface area contributed by atoms with Crippen molar-refractivity contribution >= 4 is 33.5 Å². The van der Waals surface area contributed by atoms with Crippen molar-refractivity contribution in [3.8, 4) is 0 Å². The van der Waals surface area contributed by atoms with Gasteiger partial charge in [0.05, 0.1) is 18.4 Å². The summed E-state index contributed by atoms with van der Waals surface area (Å²) in [5.74, 6) is -0.584. The predicted octanol–water partition coefficient (Wildman–Crippen LogP) is 4.04. The Bertz CT molecular complexity index is 1110. The molecule has 1 heterocycles. The van der Waals surface area contributed by atoms with Crippen LogP contribution in [0.3, 0.4) is 0 Å². The number of ether oxygens (including phenoxy) is 1. The third-order valence-corrected chi connectivity index (χ3v) is 8.28. The summed E-state index contributed by atoms with van der Waals surface area (Å²) in [7, 11) is -2.61. The quantitative estimate of drug-likeness (QED) is 0.545. The van der Waals surface area contributed by atoms with E-state index in [1.165, 1.54) is 35.7 Å². The Morgan fingerprint density at radius 3 is 2.38 bits per heavy atom. The Labute approximate surface area is 206 Å².